The first-order valence-electron chi connectivity index (χ1n) is 7.02. The van der Waals surface area contributed by atoms with Crippen LogP contribution in [0.25, 0.3) is 11.3 Å². The summed E-state index contributed by atoms with van der Waals surface area (Å²) in [6, 6.07) is 7.93. The molecule has 2 heterocycles. The lowest BCUT2D eigenvalue weighted by Crippen LogP contribution is -2.44. The molecular formula is C15H19ClN4. The Balaban J connectivity index is 1.68. The minimum absolute atomic E-state index is 0.764. The monoisotopic (exact) mass is 290 g/mol. The molecule has 0 spiro atoms. The van der Waals surface area contributed by atoms with Crippen LogP contribution in [0.15, 0.2) is 36.8 Å². The van der Waals surface area contributed by atoms with Crippen molar-refractivity contribution in [3.63, 3.8) is 0 Å². The number of rotatable bonds is 4. The van der Waals surface area contributed by atoms with E-state index >= 15 is 0 Å². The molecule has 0 radical (unpaired) electrons. The van der Waals surface area contributed by atoms with Gasteiger partial charge in [0.25, 0.3) is 0 Å². The maximum absolute atomic E-state index is 5.94. The number of aromatic nitrogens is 2. The number of imidazole rings is 1. The van der Waals surface area contributed by atoms with Crippen LogP contribution in [-0.4, -0.2) is 47.2 Å². The molecule has 3 rings (SSSR count). The van der Waals surface area contributed by atoms with Gasteiger partial charge in [0.1, 0.15) is 0 Å². The molecule has 1 aliphatic heterocycles. The van der Waals surface area contributed by atoms with Gasteiger partial charge in [-0.1, -0.05) is 23.7 Å². The summed E-state index contributed by atoms with van der Waals surface area (Å²) in [5.41, 5.74) is 2.31. The zero-order chi connectivity index (χ0) is 13.8. The molecule has 1 aromatic carbocycles. The van der Waals surface area contributed by atoms with E-state index in [0.717, 1.165) is 55.5 Å². The average molecular weight is 291 g/mol. The first-order valence-corrected chi connectivity index (χ1v) is 7.40. The lowest BCUT2D eigenvalue weighted by molar-refractivity contribution is 0.233. The van der Waals surface area contributed by atoms with E-state index in [1.165, 1.54) is 0 Å². The van der Waals surface area contributed by atoms with Gasteiger partial charge in [-0.15, -0.1) is 0 Å². The minimum Gasteiger partial charge on any atom is -0.329 e. The molecule has 0 aliphatic carbocycles. The van der Waals surface area contributed by atoms with Crippen LogP contribution in [0.1, 0.15) is 0 Å². The van der Waals surface area contributed by atoms with E-state index in [2.05, 4.69) is 19.8 Å². The van der Waals surface area contributed by atoms with Crippen LogP contribution in [0.3, 0.4) is 0 Å². The van der Waals surface area contributed by atoms with Crippen LogP contribution in [0, 0.1) is 0 Å². The highest BCUT2D eigenvalue weighted by Gasteiger charge is 2.10. The average Bonchev–Trinajstić information content (AvgIpc) is 2.95. The molecular weight excluding hydrogens is 272 g/mol. The predicted molar refractivity (Wildman–Crippen MR) is 82.0 cm³/mol. The topological polar surface area (TPSA) is 33.1 Å². The standard InChI is InChI=1S/C15H19ClN4/c16-14-3-1-13(2-4-14)15-11-18-12-20(15)10-9-19-7-5-17-6-8-19/h1-4,11-12,17H,5-10H2. The summed E-state index contributed by atoms with van der Waals surface area (Å²) in [6.07, 6.45) is 3.83. The minimum atomic E-state index is 0.764. The Morgan fingerprint density at radius 2 is 1.85 bits per heavy atom. The number of hydrogen-bond acceptors (Lipinski definition) is 3. The third kappa shape index (κ3) is 3.20. The van der Waals surface area contributed by atoms with Crippen LogP contribution in [0.2, 0.25) is 5.02 Å². The normalized spacial score (nSPS) is 16.4. The highest BCUT2D eigenvalue weighted by Crippen LogP contribution is 2.21. The molecule has 1 fully saturated rings. The van der Waals surface area contributed by atoms with E-state index in [0.29, 0.717) is 0 Å². The van der Waals surface area contributed by atoms with E-state index in [1.807, 2.05) is 36.8 Å². The Morgan fingerprint density at radius 3 is 2.60 bits per heavy atom. The second-order valence-electron chi connectivity index (χ2n) is 5.07. The van der Waals surface area contributed by atoms with Crippen molar-refractivity contribution in [3.05, 3.63) is 41.8 Å². The van der Waals surface area contributed by atoms with Crippen LogP contribution in [0.5, 0.6) is 0 Å². The molecule has 106 valence electrons. The van der Waals surface area contributed by atoms with Crippen molar-refractivity contribution >= 4 is 11.6 Å². The number of hydrogen-bond donors (Lipinski definition) is 1. The SMILES string of the molecule is Clc1ccc(-c2cncn2CCN2CCNCC2)cc1. The van der Waals surface area contributed by atoms with E-state index in [4.69, 9.17) is 11.6 Å². The molecule has 1 saturated heterocycles. The van der Waals surface area contributed by atoms with Crippen LogP contribution < -0.4 is 5.32 Å². The van der Waals surface area contributed by atoms with Crippen molar-refractivity contribution in [1.29, 1.82) is 0 Å². The van der Waals surface area contributed by atoms with Crippen molar-refractivity contribution in [2.45, 2.75) is 6.54 Å². The maximum Gasteiger partial charge on any atom is 0.0951 e. The molecule has 0 atom stereocenters. The van der Waals surface area contributed by atoms with E-state index in [9.17, 15) is 0 Å². The Hall–Kier alpha value is -1.36. The summed E-state index contributed by atoms with van der Waals surface area (Å²) in [7, 11) is 0. The highest BCUT2D eigenvalue weighted by molar-refractivity contribution is 6.30. The van der Waals surface area contributed by atoms with Gasteiger partial charge < -0.3 is 9.88 Å². The molecule has 0 saturated carbocycles. The molecule has 5 heteroatoms. The highest BCUT2D eigenvalue weighted by atomic mass is 35.5. The molecule has 0 amide bonds. The van der Waals surface area contributed by atoms with Crippen LogP contribution >= 0.6 is 11.6 Å². The Labute approximate surface area is 124 Å². The van der Waals surface area contributed by atoms with E-state index < -0.39 is 0 Å². The Morgan fingerprint density at radius 1 is 1.10 bits per heavy atom. The van der Waals surface area contributed by atoms with Crippen molar-refractivity contribution < 1.29 is 0 Å². The van der Waals surface area contributed by atoms with Gasteiger partial charge in [-0.25, -0.2) is 4.98 Å². The fraction of sp³-hybridized carbons (Fsp3) is 0.400. The summed E-state index contributed by atoms with van der Waals surface area (Å²) in [4.78, 5) is 6.77. The number of benzene rings is 1. The van der Waals surface area contributed by atoms with Gasteiger partial charge in [-0.2, -0.15) is 0 Å². The largest absolute Gasteiger partial charge is 0.329 e. The van der Waals surface area contributed by atoms with Gasteiger partial charge in [0.05, 0.1) is 18.2 Å². The van der Waals surface area contributed by atoms with Crippen molar-refractivity contribution in [3.8, 4) is 11.3 Å². The summed E-state index contributed by atoms with van der Waals surface area (Å²) in [5.74, 6) is 0. The Bertz CT molecular complexity index is 543. The summed E-state index contributed by atoms with van der Waals surface area (Å²) < 4.78 is 2.21. The third-order valence-electron chi connectivity index (χ3n) is 3.72. The number of nitrogens with zero attached hydrogens (tertiary/aromatic N) is 3. The van der Waals surface area contributed by atoms with E-state index in [-0.39, 0.29) is 0 Å². The van der Waals surface area contributed by atoms with E-state index in [1.54, 1.807) is 0 Å². The second-order valence-corrected chi connectivity index (χ2v) is 5.51. The van der Waals surface area contributed by atoms with Gasteiger partial charge in [-0.05, 0) is 17.7 Å². The second kappa shape index (κ2) is 6.39. The number of piperazine rings is 1. The van der Waals surface area contributed by atoms with Gasteiger partial charge in [-0.3, -0.25) is 4.90 Å². The van der Waals surface area contributed by atoms with Crippen LogP contribution in [-0.2, 0) is 6.54 Å². The first-order chi connectivity index (χ1) is 9.83. The van der Waals surface area contributed by atoms with Crippen molar-refractivity contribution in [1.82, 2.24) is 19.8 Å². The first kappa shape index (κ1) is 13.6. The molecule has 20 heavy (non-hydrogen) atoms. The van der Waals surface area contributed by atoms with Crippen molar-refractivity contribution in [2.75, 3.05) is 32.7 Å². The summed E-state index contributed by atoms with van der Waals surface area (Å²) in [5, 5.41) is 4.14. The van der Waals surface area contributed by atoms with Gasteiger partial charge >= 0.3 is 0 Å². The number of nitrogens with one attached hydrogen (secondary N) is 1. The van der Waals surface area contributed by atoms with Crippen LogP contribution in [0.4, 0.5) is 0 Å². The molecule has 1 aromatic heterocycles. The number of halogens is 1. The zero-order valence-electron chi connectivity index (χ0n) is 11.4. The van der Waals surface area contributed by atoms with Gasteiger partial charge in [0.2, 0.25) is 0 Å². The van der Waals surface area contributed by atoms with Gasteiger partial charge in [0, 0.05) is 44.3 Å². The predicted octanol–water partition coefficient (Wildman–Crippen LogP) is 2.11. The molecule has 1 N–H and O–H groups in total. The molecule has 4 nitrogen and oxygen atoms in total. The molecule has 0 unspecified atom stereocenters. The molecule has 0 bridgehead atoms. The molecule has 1 aliphatic rings. The Kier molecular flexibility index (Phi) is 4.35. The molecule has 2 aromatic rings. The maximum atomic E-state index is 5.94. The smallest absolute Gasteiger partial charge is 0.0951 e. The third-order valence-corrected chi connectivity index (χ3v) is 3.97. The lowest BCUT2D eigenvalue weighted by Gasteiger charge is -2.27. The summed E-state index contributed by atoms with van der Waals surface area (Å²) in [6.45, 7) is 6.48. The van der Waals surface area contributed by atoms with Gasteiger partial charge in [0.15, 0.2) is 0 Å². The fourth-order valence-corrected chi connectivity index (χ4v) is 2.67. The lowest BCUT2D eigenvalue weighted by atomic mass is 10.2. The zero-order valence-corrected chi connectivity index (χ0v) is 12.2. The summed E-state index contributed by atoms with van der Waals surface area (Å²) >= 11 is 5.94. The fourth-order valence-electron chi connectivity index (χ4n) is 2.54. The quantitative estimate of drug-likeness (QED) is 0.936. The van der Waals surface area contributed by atoms with Crippen molar-refractivity contribution in [2.24, 2.45) is 0 Å².